The quantitative estimate of drug-likeness (QED) is 0.390. The van der Waals surface area contributed by atoms with Crippen LogP contribution in [-0.2, 0) is 46.7 Å². The summed E-state index contributed by atoms with van der Waals surface area (Å²) in [5.41, 5.74) is 0.0209. The van der Waals surface area contributed by atoms with Crippen molar-refractivity contribution in [3.8, 4) is 0 Å². The minimum atomic E-state index is -0.448. The first-order chi connectivity index (χ1) is 20.0. The maximum absolute atomic E-state index is 13.2. The summed E-state index contributed by atoms with van der Waals surface area (Å²) in [5, 5.41) is 0. The molecule has 0 fully saturated rings. The molecular weight excluding hydrogens is 540 g/mol. The molecule has 12 heteroatoms. The largest absolute Gasteiger partial charge is 0.330 e. The minimum Gasteiger partial charge on any atom is -0.300 e. The number of fused-ring (bicyclic) bond motifs is 6. The Labute approximate surface area is 243 Å². The summed E-state index contributed by atoms with van der Waals surface area (Å²) in [5.74, 6) is 0. The molecule has 4 heterocycles. The highest BCUT2D eigenvalue weighted by atomic mass is 16.2. The Balaban J connectivity index is 1.74. The second-order valence-corrected chi connectivity index (χ2v) is 11.5. The van der Waals surface area contributed by atoms with E-state index < -0.39 is 22.5 Å². The highest BCUT2D eigenvalue weighted by molar-refractivity contribution is 5.29. The van der Waals surface area contributed by atoms with E-state index in [4.69, 9.17) is 0 Å². The van der Waals surface area contributed by atoms with Crippen molar-refractivity contribution in [2.24, 2.45) is 14.1 Å². The predicted molar refractivity (Wildman–Crippen MR) is 161 cm³/mol. The monoisotopic (exact) mass is 582 g/mol. The summed E-state index contributed by atoms with van der Waals surface area (Å²) in [6.45, 7) is 6.82. The molecule has 0 N–H and O–H groups in total. The molecule has 0 spiro atoms. The van der Waals surface area contributed by atoms with Crippen LogP contribution in [0.1, 0.15) is 79.4 Å². The molecule has 0 atom stereocenters. The van der Waals surface area contributed by atoms with Gasteiger partial charge in [0.1, 0.15) is 0 Å². The SMILES string of the molecule is Cc1cn2c(=O)n(c1=O)CCCCCCn1c(C)c(c(=O)n(C)c1=O)Cc1c(C)n(c(=O)n(C)c1=O)CCCCCC2. The van der Waals surface area contributed by atoms with Crippen molar-refractivity contribution in [2.75, 3.05) is 0 Å². The van der Waals surface area contributed by atoms with Gasteiger partial charge in [-0.3, -0.25) is 37.2 Å². The molecule has 12 nitrogen and oxygen atoms in total. The summed E-state index contributed by atoms with van der Waals surface area (Å²) < 4.78 is 8.25. The molecular formula is C30H42N6O6. The van der Waals surface area contributed by atoms with Gasteiger partial charge in [0.15, 0.2) is 0 Å². The average Bonchev–Trinajstić information content (AvgIpc) is 2.96. The molecule has 42 heavy (non-hydrogen) atoms. The topological polar surface area (TPSA) is 132 Å². The van der Waals surface area contributed by atoms with Gasteiger partial charge in [0, 0.05) is 81.0 Å². The van der Waals surface area contributed by atoms with E-state index in [0.717, 1.165) is 41.2 Å². The zero-order valence-electron chi connectivity index (χ0n) is 25.4. The second kappa shape index (κ2) is 12.9. The van der Waals surface area contributed by atoms with Gasteiger partial charge < -0.3 is 4.57 Å². The fourth-order valence-electron chi connectivity index (χ4n) is 5.93. The number of hydrogen-bond donors (Lipinski definition) is 0. The van der Waals surface area contributed by atoms with Crippen molar-refractivity contribution >= 4 is 0 Å². The van der Waals surface area contributed by atoms with E-state index in [1.54, 1.807) is 40.7 Å². The second-order valence-electron chi connectivity index (χ2n) is 11.5. The predicted octanol–water partition coefficient (Wildman–Crippen LogP) is 1.08. The smallest absolute Gasteiger partial charge is 0.300 e. The Kier molecular flexibility index (Phi) is 9.53. The minimum absolute atomic E-state index is 0.0260. The van der Waals surface area contributed by atoms with Crippen molar-refractivity contribution in [1.29, 1.82) is 0 Å². The van der Waals surface area contributed by atoms with Crippen LogP contribution in [0.4, 0.5) is 0 Å². The molecule has 6 bridgehead atoms. The van der Waals surface area contributed by atoms with Crippen LogP contribution in [0.15, 0.2) is 35.0 Å². The Hall–Kier alpha value is -3.96. The zero-order chi connectivity index (χ0) is 30.7. The van der Waals surface area contributed by atoms with Gasteiger partial charge in [0.05, 0.1) is 0 Å². The molecule has 0 amide bonds. The maximum Gasteiger partial charge on any atom is 0.330 e. The maximum atomic E-state index is 13.2. The normalized spacial score (nSPS) is 15.5. The first-order valence-corrected chi connectivity index (χ1v) is 14.8. The molecule has 0 saturated heterocycles. The summed E-state index contributed by atoms with van der Waals surface area (Å²) in [6.07, 6.45) is 7.59. The number of nitrogens with zero attached hydrogens (tertiary/aromatic N) is 6. The van der Waals surface area contributed by atoms with E-state index >= 15 is 0 Å². The van der Waals surface area contributed by atoms with Gasteiger partial charge in [-0.1, -0.05) is 25.7 Å². The van der Waals surface area contributed by atoms with Gasteiger partial charge >= 0.3 is 17.1 Å². The molecule has 0 radical (unpaired) electrons. The first-order valence-electron chi connectivity index (χ1n) is 14.8. The van der Waals surface area contributed by atoms with E-state index in [0.29, 0.717) is 73.5 Å². The van der Waals surface area contributed by atoms with Crippen LogP contribution in [0.25, 0.3) is 0 Å². The van der Waals surface area contributed by atoms with Crippen LogP contribution in [0.5, 0.6) is 0 Å². The van der Waals surface area contributed by atoms with Crippen LogP contribution in [0, 0.1) is 20.8 Å². The molecule has 1 aliphatic rings. The van der Waals surface area contributed by atoms with Gasteiger partial charge in [0.25, 0.3) is 16.7 Å². The lowest BCUT2D eigenvalue weighted by molar-refractivity contribution is 0.471. The number of aryl methyl sites for hydroxylation is 2. The standard InChI is InChI=1S/C30H42N6O6/c1-20-19-33-14-10-6-7-11-15-34-21(2)23(26(38)31(4)28(34)40)18-24-22(3)35(29(41)32(5)27(24)39)16-12-8-9-13-17-36(25(20)37)30(33)42/h19H,6-18H2,1-5H3. The lowest BCUT2D eigenvalue weighted by Gasteiger charge is -2.18. The summed E-state index contributed by atoms with van der Waals surface area (Å²) in [4.78, 5) is 78.3. The van der Waals surface area contributed by atoms with Crippen molar-refractivity contribution in [1.82, 2.24) is 27.4 Å². The van der Waals surface area contributed by atoms with Crippen LogP contribution < -0.4 is 33.7 Å². The number of hydrogen-bond acceptors (Lipinski definition) is 6. The molecule has 0 saturated carbocycles. The molecule has 3 aromatic rings. The summed E-state index contributed by atoms with van der Waals surface area (Å²) in [7, 11) is 2.88. The molecule has 0 aliphatic carbocycles. The van der Waals surface area contributed by atoms with Crippen molar-refractivity contribution in [3.63, 3.8) is 0 Å². The van der Waals surface area contributed by atoms with Gasteiger partial charge in [0.2, 0.25) is 0 Å². The van der Waals surface area contributed by atoms with E-state index in [2.05, 4.69) is 0 Å². The fraction of sp³-hybridized carbons (Fsp3) is 0.600. The highest BCUT2D eigenvalue weighted by Crippen LogP contribution is 2.13. The molecule has 228 valence electrons. The molecule has 0 aromatic carbocycles. The molecule has 0 unspecified atom stereocenters. The number of aromatic nitrogens is 6. The molecule has 4 rings (SSSR count). The third-order valence-corrected chi connectivity index (χ3v) is 8.65. The van der Waals surface area contributed by atoms with Crippen LogP contribution in [0.2, 0.25) is 0 Å². The molecule has 1 aliphatic heterocycles. The van der Waals surface area contributed by atoms with E-state index in [1.165, 1.54) is 18.7 Å². The highest BCUT2D eigenvalue weighted by Gasteiger charge is 2.20. The molecule has 3 aromatic heterocycles. The van der Waals surface area contributed by atoms with E-state index in [9.17, 15) is 28.8 Å². The lowest BCUT2D eigenvalue weighted by atomic mass is 10.0. The third kappa shape index (κ3) is 5.98. The lowest BCUT2D eigenvalue weighted by Crippen LogP contribution is -2.44. The zero-order valence-corrected chi connectivity index (χ0v) is 25.4. The van der Waals surface area contributed by atoms with Crippen molar-refractivity contribution in [3.05, 3.63) is 96.8 Å². The Morgan fingerprint density at radius 2 is 0.905 bits per heavy atom. The van der Waals surface area contributed by atoms with Crippen molar-refractivity contribution in [2.45, 2.75) is 105 Å². The first kappa shape index (κ1) is 31.0. The van der Waals surface area contributed by atoms with Crippen LogP contribution in [0.3, 0.4) is 0 Å². The van der Waals surface area contributed by atoms with Crippen LogP contribution >= 0.6 is 0 Å². The van der Waals surface area contributed by atoms with Gasteiger partial charge in [-0.05, 0) is 46.5 Å². The van der Waals surface area contributed by atoms with Gasteiger partial charge in [-0.2, -0.15) is 0 Å². The van der Waals surface area contributed by atoms with E-state index in [1.807, 2.05) is 0 Å². The number of rotatable bonds is 0. The summed E-state index contributed by atoms with van der Waals surface area (Å²) in [6, 6.07) is 0. The van der Waals surface area contributed by atoms with E-state index in [-0.39, 0.29) is 17.7 Å². The van der Waals surface area contributed by atoms with Gasteiger partial charge in [-0.15, -0.1) is 0 Å². The third-order valence-electron chi connectivity index (χ3n) is 8.65. The Morgan fingerprint density at radius 1 is 0.500 bits per heavy atom. The van der Waals surface area contributed by atoms with Crippen LogP contribution in [-0.4, -0.2) is 27.4 Å². The average molecular weight is 583 g/mol. The fourth-order valence-corrected chi connectivity index (χ4v) is 5.93. The Morgan fingerprint density at radius 3 is 1.36 bits per heavy atom. The van der Waals surface area contributed by atoms with Crippen molar-refractivity contribution < 1.29 is 0 Å². The summed E-state index contributed by atoms with van der Waals surface area (Å²) >= 11 is 0. The Bertz CT molecular complexity index is 1850. The van der Waals surface area contributed by atoms with Gasteiger partial charge in [-0.25, -0.2) is 14.4 Å².